The molecule has 154 valence electrons. The van der Waals surface area contributed by atoms with Gasteiger partial charge in [-0.05, 0) is 52.4 Å². The molecule has 2 N–H and O–H groups in total. The summed E-state index contributed by atoms with van der Waals surface area (Å²) >= 11 is 0. The van der Waals surface area contributed by atoms with Gasteiger partial charge in [0.15, 0.2) is 0 Å². The second kappa shape index (κ2) is 8.37. The highest BCUT2D eigenvalue weighted by atomic mass is 16.5. The fraction of sp³-hybridized carbons (Fsp3) is 0.154. The van der Waals surface area contributed by atoms with Crippen LogP contribution in [0.4, 0.5) is 10.5 Å². The van der Waals surface area contributed by atoms with Crippen LogP contribution >= 0.6 is 0 Å². The molecule has 0 bridgehead atoms. The Bertz CT molecular complexity index is 1180. The van der Waals surface area contributed by atoms with Crippen molar-refractivity contribution in [1.29, 1.82) is 0 Å². The van der Waals surface area contributed by atoms with Crippen molar-refractivity contribution in [3.63, 3.8) is 0 Å². The number of carboxylic acids is 1. The molecular formula is C26H21NO4. The molecule has 5 nitrogen and oxygen atoms in total. The number of amides is 1. The fourth-order valence-corrected chi connectivity index (χ4v) is 4.07. The Balaban J connectivity index is 1.52. The maximum absolute atomic E-state index is 12.6. The van der Waals surface area contributed by atoms with E-state index in [0.717, 1.165) is 22.3 Å². The van der Waals surface area contributed by atoms with Crippen LogP contribution in [0.5, 0.6) is 0 Å². The summed E-state index contributed by atoms with van der Waals surface area (Å²) in [6.45, 7) is 1.97. The molecule has 3 aromatic carbocycles. The van der Waals surface area contributed by atoms with Crippen molar-refractivity contribution in [2.75, 3.05) is 11.9 Å². The molecule has 0 aromatic heterocycles. The van der Waals surface area contributed by atoms with Gasteiger partial charge in [0, 0.05) is 17.2 Å². The molecule has 0 saturated heterocycles. The van der Waals surface area contributed by atoms with Gasteiger partial charge >= 0.3 is 12.1 Å². The third kappa shape index (κ3) is 4.01. The summed E-state index contributed by atoms with van der Waals surface area (Å²) in [6.07, 6.45) is 4.74. The summed E-state index contributed by atoms with van der Waals surface area (Å²) in [7, 11) is 0. The summed E-state index contributed by atoms with van der Waals surface area (Å²) in [5.74, 6) is 1.52. The number of carboxylic acid groups (broad SMARTS) is 1. The monoisotopic (exact) mass is 411 g/mol. The Morgan fingerprint density at radius 2 is 1.68 bits per heavy atom. The van der Waals surface area contributed by atoms with Crippen molar-refractivity contribution in [1.82, 2.24) is 0 Å². The van der Waals surface area contributed by atoms with E-state index in [-0.39, 0.29) is 18.9 Å². The molecule has 3 aromatic rings. The molecule has 0 atom stereocenters. The predicted octanol–water partition coefficient (Wildman–Crippen LogP) is 4.96. The highest BCUT2D eigenvalue weighted by Crippen LogP contribution is 2.44. The number of carbonyl (C=O) groups excluding carboxylic acids is 1. The van der Waals surface area contributed by atoms with Crippen LogP contribution in [-0.2, 0) is 16.0 Å². The first-order valence-corrected chi connectivity index (χ1v) is 9.92. The first-order valence-electron chi connectivity index (χ1n) is 9.92. The van der Waals surface area contributed by atoms with E-state index in [2.05, 4.69) is 35.5 Å². The van der Waals surface area contributed by atoms with E-state index in [9.17, 15) is 9.59 Å². The number of fused-ring (bicyclic) bond motifs is 3. The van der Waals surface area contributed by atoms with Crippen LogP contribution in [0.3, 0.4) is 0 Å². The Kier molecular flexibility index (Phi) is 5.46. The van der Waals surface area contributed by atoms with Gasteiger partial charge in [-0.2, -0.15) is 0 Å². The minimum Gasteiger partial charge on any atom is -0.481 e. The van der Waals surface area contributed by atoms with Crippen molar-refractivity contribution in [2.45, 2.75) is 19.3 Å². The van der Waals surface area contributed by atoms with Crippen molar-refractivity contribution in [2.24, 2.45) is 0 Å². The number of hydrogen-bond acceptors (Lipinski definition) is 3. The van der Waals surface area contributed by atoms with E-state index >= 15 is 0 Å². The van der Waals surface area contributed by atoms with Gasteiger partial charge in [-0.3, -0.25) is 10.1 Å². The zero-order valence-corrected chi connectivity index (χ0v) is 17.0. The van der Waals surface area contributed by atoms with Crippen LogP contribution in [0.1, 0.15) is 33.7 Å². The topological polar surface area (TPSA) is 75.6 Å². The van der Waals surface area contributed by atoms with Crippen molar-refractivity contribution < 1.29 is 19.4 Å². The SMILES string of the molecule is C#Cc1cc(CC(=O)O)cc(NC(=O)OCC2c3ccccc3-c3ccccc32)c1C. The molecule has 5 heteroatoms. The zero-order chi connectivity index (χ0) is 22.0. The number of rotatable bonds is 5. The van der Waals surface area contributed by atoms with Crippen LogP contribution < -0.4 is 5.32 Å². The van der Waals surface area contributed by atoms with E-state index < -0.39 is 12.1 Å². The van der Waals surface area contributed by atoms with Gasteiger partial charge < -0.3 is 9.84 Å². The quantitative estimate of drug-likeness (QED) is 0.582. The molecule has 0 radical (unpaired) electrons. The van der Waals surface area contributed by atoms with Gasteiger partial charge in [0.05, 0.1) is 6.42 Å². The molecule has 4 rings (SSSR count). The summed E-state index contributed by atoms with van der Waals surface area (Å²) in [5, 5.41) is 11.8. The van der Waals surface area contributed by atoms with Gasteiger partial charge in [-0.25, -0.2) is 4.79 Å². The first kappa shape index (κ1) is 20.2. The van der Waals surface area contributed by atoms with Gasteiger partial charge in [0.2, 0.25) is 0 Å². The maximum Gasteiger partial charge on any atom is 0.411 e. The average molecular weight is 411 g/mol. The number of hydrogen-bond donors (Lipinski definition) is 2. The Morgan fingerprint density at radius 1 is 1.06 bits per heavy atom. The highest BCUT2D eigenvalue weighted by Gasteiger charge is 2.29. The molecule has 1 aliphatic carbocycles. The molecule has 0 fully saturated rings. The van der Waals surface area contributed by atoms with E-state index in [0.29, 0.717) is 22.4 Å². The Hall–Kier alpha value is -4.04. The molecule has 1 aliphatic rings. The second-order valence-electron chi connectivity index (χ2n) is 7.48. The van der Waals surface area contributed by atoms with Gasteiger partial charge in [-0.15, -0.1) is 6.42 Å². The highest BCUT2D eigenvalue weighted by molar-refractivity contribution is 5.87. The number of ether oxygens (including phenoxy) is 1. The average Bonchev–Trinajstić information content (AvgIpc) is 3.08. The molecular weight excluding hydrogens is 390 g/mol. The van der Waals surface area contributed by atoms with Crippen LogP contribution in [0.2, 0.25) is 0 Å². The molecule has 1 amide bonds. The lowest BCUT2D eigenvalue weighted by Gasteiger charge is -2.16. The smallest absolute Gasteiger partial charge is 0.411 e. The molecule has 0 saturated carbocycles. The lowest BCUT2D eigenvalue weighted by atomic mass is 9.98. The largest absolute Gasteiger partial charge is 0.481 e. The Morgan fingerprint density at radius 3 is 2.26 bits per heavy atom. The van der Waals surface area contributed by atoms with Crippen molar-refractivity contribution >= 4 is 17.7 Å². The summed E-state index contributed by atoms with van der Waals surface area (Å²) in [5.41, 5.74) is 6.75. The van der Waals surface area contributed by atoms with E-state index in [1.54, 1.807) is 19.1 Å². The molecule has 0 unspecified atom stereocenters. The van der Waals surface area contributed by atoms with Crippen LogP contribution in [0.25, 0.3) is 11.1 Å². The minimum absolute atomic E-state index is 0.0427. The summed E-state index contributed by atoms with van der Waals surface area (Å²) < 4.78 is 5.58. The normalized spacial score (nSPS) is 11.9. The maximum atomic E-state index is 12.6. The van der Waals surface area contributed by atoms with Gasteiger partial charge in [0.1, 0.15) is 6.61 Å². The summed E-state index contributed by atoms with van der Waals surface area (Å²) in [4.78, 5) is 23.7. The summed E-state index contributed by atoms with van der Waals surface area (Å²) in [6, 6.07) is 19.5. The van der Waals surface area contributed by atoms with E-state index in [1.807, 2.05) is 24.3 Å². The predicted molar refractivity (Wildman–Crippen MR) is 119 cm³/mol. The van der Waals surface area contributed by atoms with Crippen molar-refractivity contribution in [3.05, 3.63) is 88.5 Å². The van der Waals surface area contributed by atoms with Gasteiger partial charge in [-0.1, -0.05) is 54.5 Å². The number of aliphatic carboxylic acids is 1. The molecule has 0 aliphatic heterocycles. The number of benzene rings is 3. The van der Waals surface area contributed by atoms with Crippen molar-refractivity contribution in [3.8, 4) is 23.5 Å². The fourth-order valence-electron chi connectivity index (χ4n) is 4.07. The third-order valence-corrected chi connectivity index (χ3v) is 5.56. The lowest BCUT2D eigenvalue weighted by Crippen LogP contribution is -2.19. The third-order valence-electron chi connectivity index (χ3n) is 5.56. The standard InChI is InChI=1S/C26H21NO4/c1-3-18-12-17(14-25(28)29)13-24(16(18)2)27-26(30)31-15-23-21-10-6-4-8-19(21)20-9-5-7-11-22(20)23/h1,4-13,23H,14-15H2,2H3,(H,27,30)(H,28,29). The molecule has 31 heavy (non-hydrogen) atoms. The number of nitrogens with one attached hydrogen (secondary N) is 1. The lowest BCUT2D eigenvalue weighted by molar-refractivity contribution is -0.136. The number of anilines is 1. The number of terminal acetylenes is 1. The first-order chi connectivity index (χ1) is 15.0. The van der Waals surface area contributed by atoms with Crippen LogP contribution in [0.15, 0.2) is 60.7 Å². The number of carbonyl (C=O) groups is 2. The van der Waals surface area contributed by atoms with Crippen LogP contribution in [-0.4, -0.2) is 23.8 Å². The van der Waals surface area contributed by atoms with Gasteiger partial charge in [0.25, 0.3) is 0 Å². The van der Waals surface area contributed by atoms with E-state index in [4.69, 9.17) is 16.3 Å². The minimum atomic E-state index is -0.973. The molecule has 0 heterocycles. The van der Waals surface area contributed by atoms with E-state index in [1.165, 1.54) is 0 Å². The second-order valence-corrected chi connectivity index (χ2v) is 7.48. The Labute approximate surface area is 180 Å². The molecule has 0 spiro atoms. The zero-order valence-electron chi connectivity index (χ0n) is 17.0. The van der Waals surface area contributed by atoms with Crippen LogP contribution in [0, 0.1) is 19.3 Å².